The van der Waals surface area contributed by atoms with Crippen LogP contribution >= 0.6 is 27.5 Å². The van der Waals surface area contributed by atoms with Crippen molar-refractivity contribution in [3.8, 4) is 5.75 Å². The minimum Gasteiger partial charge on any atom is -0.476 e. The van der Waals surface area contributed by atoms with Crippen molar-refractivity contribution in [1.82, 2.24) is 5.32 Å². The molecule has 0 fully saturated rings. The molecule has 0 aliphatic rings. The summed E-state index contributed by atoms with van der Waals surface area (Å²) in [7, 11) is 0. The van der Waals surface area contributed by atoms with E-state index in [9.17, 15) is 14.9 Å². The van der Waals surface area contributed by atoms with Crippen LogP contribution in [0.25, 0.3) is 0 Å². The third kappa shape index (κ3) is 4.66. The van der Waals surface area contributed by atoms with Crippen LogP contribution in [-0.4, -0.2) is 35.7 Å². The number of nitrogens with zero attached hydrogens (tertiary/aromatic N) is 1. The summed E-state index contributed by atoms with van der Waals surface area (Å²) in [6, 6.07) is 2.56. The Kier molecular flexibility index (Phi) is 6.00. The third-order valence-electron chi connectivity index (χ3n) is 1.97. The molecule has 0 saturated heterocycles. The summed E-state index contributed by atoms with van der Waals surface area (Å²) in [5.74, 6) is -0.571. The van der Waals surface area contributed by atoms with Gasteiger partial charge in [0, 0.05) is 17.6 Å². The summed E-state index contributed by atoms with van der Waals surface area (Å²) in [4.78, 5) is 21.5. The molecule has 0 saturated carbocycles. The zero-order valence-electron chi connectivity index (χ0n) is 9.56. The Labute approximate surface area is 121 Å². The first kappa shape index (κ1) is 15.7. The lowest BCUT2D eigenvalue weighted by Crippen LogP contribution is -2.31. The van der Waals surface area contributed by atoms with Crippen molar-refractivity contribution < 1.29 is 19.6 Å². The fraction of sp³-hybridized carbons (Fsp3) is 0.300. The number of aliphatic hydroxyl groups is 1. The maximum Gasteiger partial charge on any atom is 0.313 e. The summed E-state index contributed by atoms with van der Waals surface area (Å²) in [6.45, 7) is -0.510. The lowest BCUT2D eigenvalue weighted by atomic mass is 10.3. The zero-order valence-corrected chi connectivity index (χ0v) is 11.9. The summed E-state index contributed by atoms with van der Waals surface area (Å²) >= 11 is 8.78. The van der Waals surface area contributed by atoms with Crippen molar-refractivity contribution in [3.05, 3.63) is 31.7 Å². The van der Waals surface area contributed by atoms with E-state index in [1.807, 2.05) is 0 Å². The number of nitro benzene ring substituents is 1. The van der Waals surface area contributed by atoms with Crippen molar-refractivity contribution in [1.29, 1.82) is 0 Å². The van der Waals surface area contributed by atoms with Gasteiger partial charge in [0.05, 0.1) is 16.0 Å². The topological polar surface area (TPSA) is 102 Å². The van der Waals surface area contributed by atoms with E-state index in [2.05, 4.69) is 21.2 Å². The molecule has 0 spiro atoms. The number of benzene rings is 1. The molecule has 104 valence electrons. The van der Waals surface area contributed by atoms with Crippen LogP contribution in [0.5, 0.6) is 5.75 Å². The number of nitro groups is 1. The van der Waals surface area contributed by atoms with E-state index in [-0.39, 0.29) is 34.1 Å². The van der Waals surface area contributed by atoms with Gasteiger partial charge in [-0.1, -0.05) is 11.6 Å². The molecule has 1 amide bonds. The Balaban J connectivity index is 2.83. The molecule has 0 aliphatic heterocycles. The van der Waals surface area contributed by atoms with Crippen molar-refractivity contribution >= 4 is 39.1 Å². The van der Waals surface area contributed by atoms with Crippen molar-refractivity contribution in [2.75, 3.05) is 19.8 Å². The standard InChI is InChI=1S/C10H10BrClN2O5/c11-7-3-6(12)4-8(14(17)18)10(7)19-5-9(16)13-1-2-15/h3-4,15H,1-2,5H2,(H,13,16). The van der Waals surface area contributed by atoms with Crippen LogP contribution in [0.1, 0.15) is 0 Å². The predicted molar refractivity (Wildman–Crippen MR) is 71.4 cm³/mol. The van der Waals surface area contributed by atoms with Crippen molar-refractivity contribution in [2.45, 2.75) is 0 Å². The molecule has 0 unspecified atom stereocenters. The van der Waals surface area contributed by atoms with Gasteiger partial charge in [0.15, 0.2) is 6.61 Å². The van der Waals surface area contributed by atoms with Gasteiger partial charge in [0.2, 0.25) is 5.75 Å². The Morgan fingerprint density at radius 1 is 1.58 bits per heavy atom. The molecule has 2 N–H and O–H groups in total. The number of hydrogen-bond donors (Lipinski definition) is 2. The van der Waals surface area contributed by atoms with E-state index in [0.717, 1.165) is 6.07 Å². The van der Waals surface area contributed by atoms with E-state index in [1.54, 1.807) is 0 Å². The Bertz CT molecular complexity index is 497. The molecular formula is C10H10BrClN2O5. The highest BCUT2D eigenvalue weighted by atomic mass is 79.9. The molecule has 0 atom stereocenters. The number of halogens is 2. The van der Waals surface area contributed by atoms with Crippen LogP contribution in [0, 0.1) is 10.1 Å². The normalized spacial score (nSPS) is 10.1. The number of aliphatic hydroxyl groups excluding tert-OH is 1. The van der Waals surface area contributed by atoms with Gasteiger partial charge in [-0.05, 0) is 22.0 Å². The summed E-state index contributed by atoms with van der Waals surface area (Å²) in [6.07, 6.45) is 0. The molecule has 7 nitrogen and oxygen atoms in total. The van der Waals surface area contributed by atoms with Gasteiger partial charge in [-0.25, -0.2) is 0 Å². The van der Waals surface area contributed by atoms with E-state index in [0.29, 0.717) is 0 Å². The van der Waals surface area contributed by atoms with Gasteiger partial charge < -0.3 is 15.2 Å². The van der Waals surface area contributed by atoms with Crippen molar-refractivity contribution in [3.63, 3.8) is 0 Å². The van der Waals surface area contributed by atoms with Gasteiger partial charge in [-0.15, -0.1) is 0 Å². The molecule has 9 heteroatoms. The number of nitrogens with one attached hydrogen (secondary N) is 1. The first-order chi connectivity index (χ1) is 8.95. The number of carbonyl (C=O) groups is 1. The quantitative estimate of drug-likeness (QED) is 0.596. The second kappa shape index (κ2) is 7.27. The van der Waals surface area contributed by atoms with Crippen LogP contribution in [0.4, 0.5) is 5.69 Å². The van der Waals surface area contributed by atoms with Gasteiger partial charge in [0.1, 0.15) is 0 Å². The van der Waals surface area contributed by atoms with E-state index in [1.165, 1.54) is 6.07 Å². The molecule has 0 aliphatic carbocycles. The molecule has 1 aromatic carbocycles. The number of hydrogen-bond acceptors (Lipinski definition) is 5. The first-order valence-electron chi connectivity index (χ1n) is 5.09. The molecule has 0 aromatic heterocycles. The summed E-state index contributed by atoms with van der Waals surface area (Å²) < 4.78 is 5.38. The van der Waals surface area contributed by atoms with E-state index < -0.39 is 17.4 Å². The molecule has 0 bridgehead atoms. The van der Waals surface area contributed by atoms with Gasteiger partial charge >= 0.3 is 5.69 Å². The predicted octanol–water partition coefficient (Wildman–Crippen LogP) is 1.50. The second-order valence-corrected chi connectivity index (χ2v) is 4.65. The number of amides is 1. The van der Waals surface area contributed by atoms with Crippen LogP contribution < -0.4 is 10.1 Å². The lowest BCUT2D eigenvalue weighted by molar-refractivity contribution is -0.385. The maximum absolute atomic E-state index is 11.3. The highest BCUT2D eigenvalue weighted by molar-refractivity contribution is 9.10. The average molecular weight is 354 g/mol. The average Bonchev–Trinajstić information content (AvgIpc) is 2.34. The fourth-order valence-corrected chi connectivity index (χ4v) is 2.12. The molecule has 19 heavy (non-hydrogen) atoms. The molecule has 0 heterocycles. The molecular weight excluding hydrogens is 343 g/mol. The largest absolute Gasteiger partial charge is 0.476 e. The summed E-state index contributed by atoms with van der Waals surface area (Å²) in [5.41, 5.74) is -0.339. The molecule has 0 radical (unpaired) electrons. The lowest BCUT2D eigenvalue weighted by Gasteiger charge is -2.09. The van der Waals surface area contributed by atoms with Crippen molar-refractivity contribution in [2.24, 2.45) is 0 Å². The number of rotatable bonds is 6. The monoisotopic (exact) mass is 352 g/mol. The number of carbonyl (C=O) groups excluding carboxylic acids is 1. The Morgan fingerprint density at radius 2 is 2.26 bits per heavy atom. The minimum atomic E-state index is -0.655. The minimum absolute atomic E-state index is 0.0754. The number of ether oxygens (including phenoxy) is 1. The Hall–Kier alpha value is -1.38. The SMILES string of the molecule is O=C(COc1c(Br)cc(Cl)cc1[N+](=O)[O-])NCCO. The smallest absolute Gasteiger partial charge is 0.313 e. The van der Waals surface area contributed by atoms with Crippen LogP contribution in [0.2, 0.25) is 5.02 Å². The van der Waals surface area contributed by atoms with E-state index in [4.69, 9.17) is 21.4 Å². The van der Waals surface area contributed by atoms with Gasteiger partial charge in [-0.3, -0.25) is 14.9 Å². The highest BCUT2D eigenvalue weighted by Gasteiger charge is 2.20. The third-order valence-corrected chi connectivity index (χ3v) is 2.77. The van der Waals surface area contributed by atoms with Crippen LogP contribution in [0.3, 0.4) is 0 Å². The van der Waals surface area contributed by atoms with Gasteiger partial charge in [0.25, 0.3) is 5.91 Å². The zero-order chi connectivity index (χ0) is 14.4. The van der Waals surface area contributed by atoms with Crippen LogP contribution in [-0.2, 0) is 4.79 Å². The van der Waals surface area contributed by atoms with Gasteiger partial charge in [-0.2, -0.15) is 0 Å². The summed E-state index contributed by atoms with van der Waals surface area (Å²) in [5, 5.41) is 21.9. The Morgan fingerprint density at radius 3 is 2.84 bits per heavy atom. The first-order valence-corrected chi connectivity index (χ1v) is 6.26. The second-order valence-electron chi connectivity index (χ2n) is 3.36. The molecule has 1 aromatic rings. The maximum atomic E-state index is 11.3. The van der Waals surface area contributed by atoms with Crippen LogP contribution in [0.15, 0.2) is 16.6 Å². The van der Waals surface area contributed by atoms with E-state index >= 15 is 0 Å². The fourth-order valence-electron chi connectivity index (χ4n) is 1.21. The highest BCUT2D eigenvalue weighted by Crippen LogP contribution is 2.37. The molecule has 1 rings (SSSR count).